The van der Waals surface area contributed by atoms with E-state index in [4.69, 9.17) is 16.6 Å². The van der Waals surface area contributed by atoms with E-state index in [1.165, 1.54) is 19.3 Å². The van der Waals surface area contributed by atoms with Crippen molar-refractivity contribution in [1.82, 2.24) is 14.9 Å². The van der Waals surface area contributed by atoms with Crippen molar-refractivity contribution in [2.24, 2.45) is 5.92 Å². The molecule has 4 rings (SSSR count). The van der Waals surface area contributed by atoms with Gasteiger partial charge in [-0.1, -0.05) is 67.6 Å². The van der Waals surface area contributed by atoms with Gasteiger partial charge in [0.2, 0.25) is 5.91 Å². The number of unbranched alkanes of at least 4 members (excludes halogenated alkanes) is 2. The van der Waals surface area contributed by atoms with Crippen LogP contribution in [0.2, 0.25) is 5.02 Å². The number of carbonyl (C=O) groups excluding carboxylic acids is 1. The van der Waals surface area contributed by atoms with E-state index in [9.17, 15) is 4.79 Å². The van der Waals surface area contributed by atoms with Gasteiger partial charge in [-0.25, -0.2) is 4.98 Å². The van der Waals surface area contributed by atoms with Crippen LogP contribution in [0.25, 0.3) is 11.0 Å². The Hall–Kier alpha value is -2.33. The molecule has 0 radical (unpaired) electrons. The van der Waals surface area contributed by atoms with Crippen LogP contribution in [0.4, 0.5) is 0 Å². The summed E-state index contributed by atoms with van der Waals surface area (Å²) in [6, 6.07) is 16.3. The van der Waals surface area contributed by atoms with Gasteiger partial charge < -0.3 is 9.88 Å². The van der Waals surface area contributed by atoms with Crippen molar-refractivity contribution in [3.05, 3.63) is 64.9 Å². The summed E-state index contributed by atoms with van der Waals surface area (Å²) in [5.41, 5.74) is 3.29. The number of hydrogen-bond acceptors (Lipinski definition) is 2. The van der Waals surface area contributed by atoms with Crippen molar-refractivity contribution in [3.8, 4) is 0 Å². The van der Waals surface area contributed by atoms with Gasteiger partial charge in [-0.15, -0.1) is 0 Å². The molecular formula is C26H32ClN3O. The summed E-state index contributed by atoms with van der Waals surface area (Å²) in [7, 11) is 0. The van der Waals surface area contributed by atoms with Gasteiger partial charge in [0.1, 0.15) is 5.82 Å². The molecule has 0 bridgehead atoms. The molecular weight excluding hydrogens is 406 g/mol. The minimum atomic E-state index is 0.249. The molecule has 1 amide bonds. The number of para-hydroxylation sites is 2. The first kappa shape index (κ1) is 21.9. The van der Waals surface area contributed by atoms with E-state index >= 15 is 0 Å². The fraction of sp³-hybridized carbons (Fsp3) is 0.462. The zero-order valence-electron chi connectivity index (χ0n) is 18.2. The third-order valence-electron chi connectivity index (χ3n) is 6.37. The Kier molecular flexibility index (Phi) is 7.63. The van der Waals surface area contributed by atoms with E-state index < -0.39 is 0 Å². The van der Waals surface area contributed by atoms with Gasteiger partial charge >= 0.3 is 0 Å². The first-order valence-electron chi connectivity index (χ1n) is 11.7. The van der Waals surface area contributed by atoms with Crippen LogP contribution in [0.5, 0.6) is 0 Å². The zero-order valence-corrected chi connectivity index (χ0v) is 18.9. The van der Waals surface area contributed by atoms with E-state index in [1.54, 1.807) is 0 Å². The number of amides is 1. The van der Waals surface area contributed by atoms with E-state index in [2.05, 4.69) is 34.1 Å². The maximum Gasteiger partial charge on any atom is 0.223 e. The summed E-state index contributed by atoms with van der Waals surface area (Å²) in [6.45, 7) is 1.51. The Morgan fingerprint density at radius 3 is 2.61 bits per heavy atom. The number of fused-ring (bicyclic) bond motifs is 1. The molecule has 0 unspecified atom stereocenters. The Bertz CT molecular complexity index is 1010. The smallest absolute Gasteiger partial charge is 0.223 e. The summed E-state index contributed by atoms with van der Waals surface area (Å²) in [5.74, 6) is 1.62. The highest BCUT2D eigenvalue weighted by atomic mass is 35.5. The van der Waals surface area contributed by atoms with Gasteiger partial charge in [-0.2, -0.15) is 0 Å². The standard InChI is InChI=1S/C26H32ClN3O/c27-22-14-7-6-13-21(22)19-30-24-16-9-8-15-23(24)29-25(30)17-5-2-10-18-28-26(31)20-11-3-1-4-12-20/h6-9,13-16,20H,1-5,10-12,17-19H2,(H,28,31). The minimum absolute atomic E-state index is 0.249. The largest absolute Gasteiger partial charge is 0.356 e. The second-order valence-corrected chi connectivity index (χ2v) is 9.04. The van der Waals surface area contributed by atoms with E-state index in [0.29, 0.717) is 0 Å². The predicted molar refractivity (Wildman–Crippen MR) is 127 cm³/mol. The van der Waals surface area contributed by atoms with Crippen LogP contribution < -0.4 is 5.32 Å². The molecule has 1 fully saturated rings. The molecule has 0 saturated heterocycles. The summed E-state index contributed by atoms with van der Waals surface area (Å²) < 4.78 is 2.29. The average molecular weight is 438 g/mol. The van der Waals surface area contributed by atoms with E-state index in [0.717, 1.165) is 79.1 Å². The lowest BCUT2D eigenvalue weighted by Gasteiger charge is -2.20. The van der Waals surface area contributed by atoms with Crippen LogP contribution in [0.1, 0.15) is 62.8 Å². The zero-order chi connectivity index (χ0) is 21.5. The number of nitrogens with zero attached hydrogens (tertiary/aromatic N) is 2. The third-order valence-corrected chi connectivity index (χ3v) is 6.74. The van der Waals surface area contributed by atoms with E-state index in [-0.39, 0.29) is 11.8 Å². The van der Waals surface area contributed by atoms with Crippen molar-refractivity contribution >= 4 is 28.5 Å². The topological polar surface area (TPSA) is 46.9 Å². The van der Waals surface area contributed by atoms with Crippen molar-refractivity contribution in [1.29, 1.82) is 0 Å². The Labute approximate surface area is 190 Å². The summed E-state index contributed by atoms with van der Waals surface area (Å²) in [5, 5.41) is 3.94. The van der Waals surface area contributed by atoms with Crippen LogP contribution >= 0.6 is 11.6 Å². The highest BCUT2D eigenvalue weighted by Gasteiger charge is 2.20. The van der Waals surface area contributed by atoms with Gasteiger partial charge in [0, 0.05) is 23.9 Å². The van der Waals surface area contributed by atoms with Crippen molar-refractivity contribution in [2.45, 2.75) is 64.3 Å². The molecule has 1 aliphatic rings. The van der Waals surface area contributed by atoms with Crippen LogP contribution in [0, 0.1) is 5.92 Å². The average Bonchev–Trinajstić information content (AvgIpc) is 3.15. The highest BCUT2D eigenvalue weighted by molar-refractivity contribution is 6.31. The molecule has 1 saturated carbocycles. The minimum Gasteiger partial charge on any atom is -0.356 e. The fourth-order valence-corrected chi connectivity index (χ4v) is 4.79. The van der Waals surface area contributed by atoms with Crippen molar-refractivity contribution < 1.29 is 4.79 Å². The molecule has 1 aliphatic carbocycles. The SMILES string of the molecule is O=C(NCCCCCc1nc2ccccc2n1Cc1ccccc1Cl)C1CCCCC1. The molecule has 4 nitrogen and oxygen atoms in total. The quantitative estimate of drug-likeness (QED) is 0.408. The second kappa shape index (κ2) is 10.8. The van der Waals surface area contributed by atoms with Gasteiger partial charge in [0.15, 0.2) is 0 Å². The molecule has 5 heteroatoms. The van der Waals surface area contributed by atoms with Crippen molar-refractivity contribution in [2.75, 3.05) is 6.54 Å². The van der Waals surface area contributed by atoms with Crippen LogP contribution in [-0.4, -0.2) is 22.0 Å². The summed E-state index contributed by atoms with van der Waals surface area (Å²) >= 11 is 6.42. The maximum atomic E-state index is 12.3. The fourth-order valence-electron chi connectivity index (χ4n) is 4.60. The molecule has 1 N–H and O–H groups in total. The van der Waals surface area contributed by atoms with Gasteiger partial charge in [0.25, 0.3) is 0 Å². The molecule has 3 aromatic rings. The molecule has 0 spiro atoms. The number of benzene rings is 2. The molecule has 2 aromatic carbocycles. The van der Waals surface area contributed by atoms with Crippen LogP contribution in [-0.2, 0) is 17.8 Å². The monoisotopic (exact) mass is 437 g/mol. The number of aryl methyl sites for hydroxylation is 1. The highest BCUT2D eigenvalue weighted by Crippen LogP contribution is 2.24. The number of halogens is 1. The molecule has 0 atom stereocenters. The Morgan fingerprint density at radius 1 is 1.00 bits per heavy atom. The van der Waals surface area contributed by atoms with Gasteiger partial charge in [0.05, 0.1) is 17.6 Å². The lowest BCUT2D eigenvalue weighted by atomic mass is 9.89. The normalized spacial score (nSPS) is 14.7. The number of imidazole rings is 1. The number of carbonyl (C=O) groups is 1. The first-order chi connectivity index (χ1) is 15.2. The van der Waals surface area contributed by atoms with Crippen LogP contribution in [0.15, 0.2) is 48.5 Å². The number of nitrogens with one attached hydrogen (secondary N) is 1. The Morgan fingerprint density at radius 2 is 1.77 bits per heavy atom. The number of aromatic nitrogens is 2. The summed E-state index contributed by atoms with van der Waals surface area (Å²) in [4.78, 5) is 17.2. The maximum absolute atomic E-state index is 12.3. The molecule has 1 aromatic heterocycles. The predicted octanol–water partition coefficient (Wildman–Crippen LogP) is 6.15. The van der Waals surface area contributed by atoms with Crippen LogP contribution in [0.3, 0.4) is 0 Å². The number of hydrogen-bond donors (Lipinski definition) is 1. The Balaban J connectivity index is 1.31. The molecule has 1 heterocycles. The molecule has 31 heavy (non-hydrogen) atoms. The van der Waals surface area contributed by atoms with Gasteiger partial charge in [-0.05, 0) is 49.4 Å². The lowest BCUT2D eigenvalue weighted by Crippen LogP contribution is -2.32. The summed E-state index contributed by atoms with van der Waals surface area (Å²) in [6.07, 6.45) is 9.90. The number of rotatable bonds is 9. The first-order valence-corrected chi connectivity index (χ1v) is 12.1. The second-order valence-electron chi connectivity index (χ2n) is 8.63. The van der Waals surface area contributed by atoms with E-state index in [1.807, 2.05) is 24.3 Å². The van der Waals surface area contributed by atoms with Crippen molar-refractivity contribution in [3.63, 3.8) is 0 Å². The van der Waals surface area contributed by atoms with Gasteiger partial charge in [-0.3, -0.25) is 4.79 Å². The third kappa shape index (κ3) is 5.68. The molecule has 164 valence electrons. The molecule has 0 aliphatic heterocycles. The lowest BCUT2D eigenvalue weighted by molar-refractivity contribution is -0.125.